The number of hydrogen-bond acceptors (Lipinski definition) is 6. The fourth-order valence-electron chi connectivity index (χ4n) is 4.13. The van der Waals surface area contributed by atoms with Crippen molar-refractivity contribution in [1.29, 1.82) is 0 Å². The van der Waals surface area contributed by atoms with Gasteiger partial charge in [-0.05, 0) is 48.0 Å². The van der Waals surface area contributed by atoms with Crippen molar-refractivity contribution in [2.45, 2.75) is 19.4 Å². The average molecular weight is 429 g/mol. The van der Waals surface area contributed by atoms with Crippen molar-refractivity contribution in [3.8, 4) is 5.69 Å². The van der Waals surface area contributed by atoms with Gasteiger partial charge in [-0.25, -0.2) is 9.48 Å². The van der Waals surface area contributed by atoms with Crippen LogP contribution >= 0.6 is 0 Å². The van der Waals surface area contributed by atoms with Crippen molar-refractivity contribution in [1.82, 2.24) is 35.4 Å². The molecule has 1 atom stereocenters. The van der Waals surface area contributed by atoms with Gasteiger partial charge in [0.05, 0.1) is 12.2 Å². The summed E-state index contributed by atoms with van der Waals surface area (Å²) in [5.74, 6) is -0.808. The van der Waals surface area contributed by atoms with Crippen LogP contribution in [0.3, 0.4) is 0 Å². The Labute approximate surface area is 182 Å². The second-order valence-corrected chi connectivity index (χ2v) is 7.84. The summed E-state index contributed by atoms with van der Waals surface area (Å²) in [5.41, 5.74) is 1.88. The summed E-state index contributed by atoms with van der Waals surface area (Å²) >= 11 is 0. The Morgan fingerprint density at radius 2 is 1.94 bits per heavy atom. The number of imide groups is 1. The minimum atomic E-state index is -1.32. The zero-order valence-electron chi connectivity index (χ0n) is 17.4. The Balaban J connectivity index is 1.45. The van der Waals surface area contributed by atoms with E-state index in [1.54, 1.807) is 38.1 Å². The summed E-state index contributed by atoms with van der Waals surface area (Å²) in [6, 6.07) is 13.8. The van der Waals surface area contributed by atoms with E-state index in [0.717, 1.165) is 15.8 Å². The number of hydrogen-bond donors (Lipinski definition) is 2. The third kappa shape index (κ3) is 2.96. The number of nitrogens with one attached hydrogen (secondary N) is 2. The molecule has 1 aliphatic rings. The number of nitrogens with zero attached hydrogens (tertiary/aromatic N) is 5. The number of H-pyrrole nitrogens is 1. The van der Waals surface area contributed by atoms with Crippen LogP contribution in [0.1, 0.15) is 28.5 Å². The Morgan fingerprint density at radius 1 is 1.12 bits per heavy atom. The van der Waals surface area contributed by atoms with E-state index in [4.69, 9.17) is 0 Å². The van der Waals surface area contributed by atoms with Gasteiger partial charge >= 0.3 is 6.03 Å². The minimum Gasteiger partial charge on any atom is -0.358 e. The highest BCUT2D eigenvalue weighted by Gasteiger charge is 2.49. The van der Waals surface area contributed by atoms with Crippen molar-refractivity contribution in [2.75, 3.05) is 6.54 Å². The van der Waals surface area contributed by atoms with E-state index in [0.29, 0.717) is 22.5 Å². The van der Waals surface area contributed by atoms with Crippen LogP contribution in [0.5, 0.6) is 0 Å². The van der Waals surface area contributed by atoms with Crippen molar-refractivity contribution in [2.24, 2.45) is 0 Å². The van der Waals surface area contributed by atoms with E-state index < -0.39 is 17.5 Å². The Kier molecular flexibility index (Phi) is 4.36. The van der Waals surface area contributed by atoms with Crippen LogP contribution in [0.15, 0.2) is 54.9 Å². The van der Waals surface area contributed by atoms with Gasteiger partial charge in [-0.2, -0.15) is 0 Å². The molecular weight excluding hydrogens is 410 g/mol. The first-order valence-corrected chi connectivity index (χ1v) is 9.97. The summed E-state index contributed by atoms with van der Waals surface area (Å²) in [6.45, 7) is 3.07. The first kappa shape index (κ1) is 19.6. The Hall–Kier alpha value is -4.34. The van der Waals surface area contributed by atoms with Crippen LogP contribution in [0, 0.1) is 6.92 Å². The van der Waals surface area contributed by atoms with Crippen molar-refractivity contribution >= 4 is 28.6 Å². The van der Waals surface area contributed by atoms with Crippen LogP contribution in [-0.4, -0.2) is 54.4 Å². The Morgan fingerprint density at radius 3 is 2.72 bits per heavy atom. The van der Waals surface area contributed by atoms with E-state index in [-0.39, 0.29) is 12.3 Å². The first-order valence-electron chi connectivity index (χ1n) is 9.97. The number of benzene rings is 2. The SMILES string of the molecule is Cc1[nH]c2ccccc2c1C(=O)CN1C(=O)N[C@](C)(c2cccc(-n3cnnn3)c2)C1=O. The van der Waals surface area contributed by atoms with Gasteiger partial charge in [0.2, 0.25) is 0 Å². The van der Waals surface area contributed by atoms with E-state index in [9.17, 15) is 14.4 Å². The standard InChI is InChI=1S/C22H19N7O3/c1-13-19(16-8-3-4-9-17(16)24-13)18(30)11-28-20(31)22(2,25-21(28)32)14-6-5-7-15(10-14)29-12-23-26-27-29/h3-10,12,24H,11H2,1-2H3,(H,25,32)/t22-/m1/s1. The lowest BCUT2D eigenvalue weighted by Crippen LogP contribution is -2.41. The number of tetrazole rings is 1. The molecule has 160 valence electrons. The van der Waals surface area contributed by atoms with Crippen molar-refractivity contribution in [3.63, 3.8) is 0 Å². The number of aryl methyl sites for hydroxylation is 1. The number of ketones is 1. The topological polar surface area (TPSA) is 126 Å². The molecule has 0 unspecified atom stereocenters. The van der Waals surface area contributed by atoms with Gasteiger partial charge in [0.1, 0.15) is 11.9 Å². The highest BCUT2D eigenvalue weighted by atomic mass is 16.2. The molecule has 0 aliphatic carbocycles. The molecule has 10 nitrogen and oxygen atoms in total. The van der Waals surface area contributed by atoms with Crippen LogP contribution in [-0.2, 0) is 10.3 Å². The molecule has 2 aromatic heterocycles. The van der Waals surface area contributed by atoms with E-state index >= 15 is 0 Å². The van der Waals surface area contributed by atoms with Crippen LogP contribution in [0.2, 0.25) is 0 Å². The lowest BCUT2D eigenvalue weighted by molar-refractivity contribution is -0.130. The maximum Gasteiger partial charge on any atom is 0.325 e. The van der Waals surface area contributed by atoms with E-state index in [2.05, 4.69) is 25.8 Å². The molecule has 0 radical (unpaired) electrons. The van der Waals surface area contributed by atoms with Gasteiger partial charge < -0.3 is 10.3 Å². The third-order valence-electron chi connectivity index (χ3n) is 5.79. The monoisotopic (exact) mass is 429 g/mol. The van der Waals surface area contributed by atoms with Gasteiger partial charge in [-0.3, -0.25) is 14.5 Å². The fourth-order valence-corrected chi connectivity index (χ4v) is 4.13. The largest absolute Gasteiger partial charge is 0.358 e. The van der Waals surface area contributed by atoms with Gasteiger partial charge in [-0.1, -0.05) is 30.3 Å². The first-order chi connectivity index (χ1) is 15.4. The Bertz CT molecular complexity index is 1380. The molecule has 2 aromatic carbocycles. The predicted octanol–water partition coefficient (Wildman–Crippen LogP) is 2.10. The van der Waals surface area contributed by atoms with Gasteiger partial charge in [-0.15, -0.1) is 5.10 Å². The molecule has 4 aromatic rings. The molecule has 2 N–H and O–H groups in total. The number of urea groups is 1. The van der Waals surface area contributed by atoms with Crippen molar-refractivity contribution < 1.29 is 14.4 Å². The molecule has 0 saturated carbocycles. The molecule has 3 heterocycles. The summed E-state index contributed by atoms with van der Waals surface area (Å²) in [6.07, 6.45) is 1.44. The van der Waals surface area contributed by atoms with Gasteiger partial charge in [0.25, 0.3) is 5.91 Å². The number of fused-ring (bicyclic) bond motifs is 1. The van der Waals surface area contributed by atoms with Crippen LogP contribution in [0.4, 0.5) is 4.79 Å². The summed E-state index contributed by atoms with van der Waals surface area (Å²) in [7, 11) is 0. The van der Waals surface area contributed by atoms with Gasteiger partial charge in [0.15, 0.2) is 5.78 Å². The molecular formula is C22H19N7O3. The average Bonchev–Trinajstić information content (AvgIpc) is 3.48. The van der Waals surface area contributed by atoms with Crippen molar-refractivity contribution in [3.05, 3.63) is 71.7 Å². The predicted molar refractivity (Wildman–Crippen MR) is 114 cm³/mol. The molecule has 1 saturated heterocycles. The molecule has 0 bridgehead atoms. The second-order valence-electron chi connectivity index (χ2n) is 7.84. The normalized spacial score (nSPS) is 18.4. The summed E-state index contributed by atoms with van der Waals surface area (Å²) in [4.78, 5) is 43.3. The fraction of sp³-hybridized carbons (Fsp3) is 0.182. The smallest absolute Gasteiger partial charge is 0.325 e. The highest BCUT2D eigenvalue weighted by Crippen LogP contribution is 2.31. The zero-order chi connectivity index (χ0) is 22.5. The quantitative estimate of drug-likeness (QED) is 0.370. The second kappa shape index (κ2) is 7.12. The minimum absolute atomic E-state index is 0.310. The maximum atomic E-state index is 13.3. The number of carbonyl (C=O) groups excluding carboxylic acids is 3. The number of para-hydroxylation sites is 1. The number of amides is 3. The number of Topliss-reactive ketones (excluding diaryl/α,β-unsaturated/α-hetero) is 1. The maximum absolute atomic E-state index is 13.3. The number of carbonyl (C=O) groups is 3. The van der Waals surface area contributed by atoms with E-state index in [1.165, 1.54) is 11.0 Å². The van der Waals surface area contributed by atoms with E-state index in [1.807, 2.05) is 24.3 Å². The van der Waals surface area contributed by atoms with Crippen LogP contribution < -0.4 is 5.32 Å². The molecule has 3 amide bonds. The number of rotatable bonds is 5. The summed E-state index contributed by atoms with van der Waals surface area (Å²) < 4.78 is 1.45. The highest BCUT2D eigenvalue weighted by molar-refractivity contribution is 6.15. The van der Waals surface area contributed by atoms with Gasteiger partial charge in [0, 0.05) is 22.2 Å². The molecule has 10 heteroatoms. The lowest BCUT2D eigenvalue weighted by Gasteiger charge is -2.22. The molecule has 1 aliphatic heterocycles. The molecule has 5 rings (SSSR count). The zero-order valence-corrected chi connectivity index (χ0v) is 17.4. The molecule has 0 spiro atoms. The molecule has 1 fully saturated rings. The number of aromatic amines is 1. The van der Waals surface area contributed by atoms with Crippen LogP contribution in [0.25, 0.3) is 16.6 Å². The molecule has 32 heavy (non-hydrogen) atoms. The number of aromatic nitrogens is 5. The third-order valence-corrected chi connectivity index (χ3v) is 5.79. The lowest BCUT2D eigenvalue weighted by atomic mass is 9.91. The summed E-state index contributed by atoms with van der Waals surface area (Å²) in [5, 5.41) is 14.6.